The highest BCUT2D eigenvalue weighted by Gasteiger charge is 1.97. The van der Waals surface area contributed by atoms with E-state index in [0.29, 0.717) is 0 Å². The molecular weight excluding hydrogens is 176 g/mol. The van der Waals surface area contributed by atoms with Gasteiger partial charge in [-0.1, -0.05) is 26.0 Å². The number of fused-ring (bicyclic) bond motifs is 1. The van der Waals surface area contributed by atoms with Gasteiger partial charge in [0.15, 0.2) is 0 Å². The zero-order valence-electron chi connectivity index (χ0n) is 8.72. The minimum absolute atomic E-state index is 1.35. The van der Waals surface area contributed by atoms with E-state index >= 15 is 0 Å². The highest BCUT2D eigenvalue weighted by Crippen LogP contribution is 2.25. The molecule has 0 N–H and O–H groups in total. The van der Waals surface area contributed by atoms with E-state index in [4.69, 9.17) is 0 Å². The zero-order valence-corrected chi connectivity index (χ0v) is 9.53. The van der Waals surface area contributed by atoms with Gasteiger partial charge in [0.2, 0.25) is 0 Å². The van der Waals surface area contributed by atoms with Crippen LogP contribution < -0.4 is 0 Å². The first-order valence-corrected chi connectivity index (χ1v) is 5.60. The standard InChI is InChI=1S/C10H10S.C2H6/c1-7-3-4-9-8(2)6-11-10(9)5-7;1-2/h3-6H,1-2H3;1-2H3. The van der Waals surface area contributed by atoms with Crippen molar-refractivity contribution in [3.63, 3.8) is 0 Å². The van der Waals surface area contributed by atoms with Crippen molar-refractivity contribution < 1.29 is 0 Å². The summed E-state index contributed by atoms with van der Waals surface area (Å²) in [6.45, 7) is 8.29. The van der Waals surface area contributed by atoms with Gasteiger partial charge in [0.1, 0.15) is 0 Å². The number of aryl methyl sites for hydroxylation is 2. The van der Waals surface area contributed by atoms with Crippen LogP contribution in [0.25, 0.3) is 10.1 Å². The number of hydrogen-bond acceptors (Lipinski definition) is 1. The minimum Gasteiger partial charge on any atom is -0.144 e. The van der Waals surface area contributed by atoms with Crippen molar-refractivity contribution in [2.75, 3.05) is 0 Å². The normalized spacial score (nSPS) is 9.54. The highest BCUT2D eigenvalue weighted by molar-refractivity contribution is 7.17. The zero-order chi connectivity index (χ0) is 9.84. The van der Waals surface area contributed by atoms with Gasteiger partial charge >= 0.3 is 0 Å². The summed E-state index contributed by atoms with van der Waals surface area (Å²) in [7, 11) is 0. The van der Waals surface area contributed by atoms with Gasteiger partial charge in [0, 0.05) is 4.70 Å². The van der Waals surface area contributed by atoms with E-state index in [2.05, 4.69) is 37.4 Å². The van der Waals surface area contributed by atoms with Crippen LogP contribution in [0.2, 0.25) is 0 Å². The number of thiophene rings is 1. The van der Waals surface area contributed by atoms with Crippen LogP contribution in [0.1, 0.15) is 25.0 Å². The Bertz CT molecular complexity index is 385. The van der Waals surface area contributed by atoms with Gasteiger partial charge in [-0.15, -0.1) is 11.3 Å². The molecule has 0 radical (unpaired) electrons. The van der Waals surface area contributed by atoms with E-state index in [1.165, 1.54) is 21.2 Å². The van der Waals surface area contributed by atoms with Crippen LogP contribution in [0.3, 0.4) is 0 Å². The number of rotatable bonds is 0. The molecule has 0 spiro atoms. The molecular formula is C12H16S. The van der Waals surface area contributed by atoms with Crippen molar-refractivity contribution in [2.24, 2.45) is 0 Å². The second-order valence-electron chi connectivity index (χ2n) is 2.92. The van der Waals surface area contributed by atoms with Gasteiger partial charge in [-0.05, 0) is 41.8 Å². The van der Waals surface area contributed by atoms with E-state index in [9.17, 15) is 0 Å². The number of hydrogen-bond donors (Lipinski definition) is 0. The van der Waals surface area contributed by atoms with Gasteiger partial charge < -0.3 is 0 Å². The van der Waals surface area contributed by atoms with Gasteiger partial charge in [0.05, 0.1) is 0 Å². The molecule has 2 rings (SSSR count). The predicted molar refractivity (Wildman–Crippen MR) is 62.6 cm³/mol. The summed E-state index contributed by atoms with van der Waals surface area (Å²) < 4.78 is 1.41. The Morgan fingerprint density at radius 2 is 1.77 bits per heavy atom. The number of benzene rings is 1. The molecule has 0 amide bonds. The lowest BCUT2D eigenvalue weighted by Gasteiger charge is -1.92. The van der Waals surface area contributed by atoms with E-state index in [1.807, 2.05) is 25.2 Å². The molecule has 1 aromatic carbocycles. The Morgan fingerprint density at radius 1 is 1.08 bits per heavy atom. The highest BCUT2D eigenvalue weighted by atomic mass is 32.1. The third-order valence-electron chi connectivity index (χ3n) is 1.92. The molecule has 13 heavy (non-hydrogen) atoms. The van der Waals surface area contributed by atoms with Crippen LogP contribution in [0, 0.1) is 13.8 Å². The Hall–Kier alpha value is -0.820. The summed E-state index contributed by atoms with van der Waals surface area (Å²) in [5, 5.41) is 3.62. The van der Waals surface area contributed by atoms with Crippen LogP contribution in [-0.2, 0) is 0 Å². The maximum absolute atomic E-state index is 2.24. The molecule has 0 aliphatic carbocycles. The second-order valence-corrected chi connectivity index (χ2v) is 3.83. The summed E-state index contributed by atoms with van der Waals surface area (Å²) in [4.78, 5) is 0. The molecule has 0 aliphatic heterocycles. The van der Waals surface area contributed by atoms with Crippen LogP contribution in [0.5, 0.6) is 0 Å². The van der Waals surface area contributed by atoms with Crippen LogP contribution in [0.4, 0.5) is 0 Å². The molecule has 0 atom stereocenters. The topological polar surface area (TPSA) is 0 Å². The van der Waals surface area contributed by atoms with E-state index in [0.717, 1.165) is 0 Å². The first kappa shape index (κ1) is 10.3. The first-order chi connectivity index (χ1) is 6.27. The largest absolute Gasteiger partial charge is 0.144 e. The summed E-state index contributed by atoms with van der Waals surface area (Å²) in [6, 6.07) is 6.62. The smallest absolute Gasteiger partial charge is 0.0348 e. The molecule has 0 aliphatic rings. The van der Waals surface area contributed by atoms with Gasteiger partial charge in [-0.2, -0.15) is 0 Å². The lowest BCUT2D eigenvalue weighted by atomic mass is 10.1. The van der Waals surface area contributed by atoms with E-state index < -0.39 is 0 Å². The van der Waals surface area contributed by atoms with Crippen molar-refractivity contribution in [3.05, 3.63) is 34.7 Å². The second kappa shape index (κ2) is 4.43. The van der Waals surface area contributed by atoms with Crippen LogP contribution in [-0.4, -0.2) is 0 Å². The molecule has 0 fully saturated rings. The molecule has 0 saturated heterocycles. The average molecular weight is 192 g/mol. The molecule has 1 aromatic heterocycles. The fourth-order valence-corrected chi connectivity index (χ4v) is 2.31. The molecule has 70 valence electrons. The summed E-state index contributed by atoms with van der Waals surface area (Å²) >= 11 is 1.83. The maximum atomic E-state index is 2.24. The van der Waals surface area contributed by atoms with Crippen molar-refractivity contribution in [1.29, 1.82) is 0 Å². The summed E-state index contributed by atoms with van der Waals surface area (Å²) in [5.41, 5.74) is 2.74. The molecule has 0 unspecified atom stereocenters. The molecule has 0 nitrogen and oxygen atoms in total. The first-order valence-electron chi connectivity index (χ1n) is 4.72. The Morgan fingerprint density at radius 3 is 2.46 bits per heavy atom. The van der Waals surface area contributed by atoms with E-state index in [1.54, 1.807) is 0 Å². The summed E-state index contributed by atoms with van der Waals surface area (Å²) in [5.74, 6) is 0. The van der Waals surface area contributed by atoms with Crippen molar-refractivity contribution in [3.8, 4) is 0 Å². The van der Waals surface area contributed by atoms with E-state index in [-0.39, 0.29) is 0 Å². The molecule has 0 saturated carbocycles. The predicted octanol–water partition coefficient (Wildman–Crippen LogP) is 4.54. The molecule has 1 heterocycles. The summed E-state index contributed by atoms with van der Waals surface area (Å²) in [6.07, 6.45) is 0. The third-order valence-corrected chi connectivity index (χ3v) is 2.99. The van der Waals surface area contributed by atoms with Crippen LogP contribution in [0.15, 0.2) is 23.6 Å². The average Bonchev–Trinajstić information content (AvgIpc) is 2.51. The Balaban J connectivity index is 0.000000396. The molecule has 0 bridgehead atoms. The Kier molecular flexibility index (Phi) is 3.49. The van der Waals surface area contributed by atoms with Gasteiger partial charge in [-0.25, -0.2) is 0 Å². The van der Waals surface area contributed by atoms with Crippen LogP contribution >= 0.6 is 11.3 Å². The fraction of sp³-hybridized carbons (Fsp3) is 0.333. The van der Waals surface area contributed by atoms with Crippen molar-refractivity contribution in [1.82, 2.24) is 0 Å². The Labute approximate surface area is 84.2 Å². The monoisotopic (exact) mass is 192 g/mol. The van der Waals surface area contributed by atoms with Gasteiger partial charge in [-0.3, -0.25) is 0 Å². The lowest BCUT2D eigenvalue weighted by molar-refractivity contribution is 1.50. The molecule has 1 heteroatoms. The SMILES string of the molecule is CC.Cc1ccc2c(C)csc2c1. The lowest BCUT2D eigenvalue weighted by Crippen LogP contribution is -1.70. The maximum Gasteiger partial charge on any atom is 0.0348 e. The third kappa shape index (κ3) is 2.10. The fourth-order valence-electron chi connectivity index (χ4n) is 1.27. The minimum atomic E-state index is 1.35. The van der Waals surface area contributed by atoms with Crippen molar-refractivity contribution >= 4 is 21.4 Å². The van der Waals surface area contributed by atoms with Crippen molar-refractivity contribution in [2.45, 2.75) is 27.7 Å². The molecule has 2 aromatic rings. The van der Waals surface area contributed by atoms with Gasteiger partial charge in [0.25, 0.3) is 0 Å². The quantitative estimate of drug-likeness (QED) is 0.574.